The van der Waals surface area contributed by atoms with Crippen LogP contribution in [0.15, 0.2) is 18.2 Å². The van der Waals surface area contributed by atoms with Crippen molar-refractivity contribution in [2.75, 3.05) is 0 Å². The monoisotopic (exact) mass is 388 g/mol. The average molecular weight is 388 g/mol. The van der Waals surface area contributed by atoms with E-state index in [1.165, 1.54) is 12.1 Å². The van der Waals surface area contributed by atoms with Gasteiger partial charge in [-0.1, -0.05) is 6.07 Å². The lowest BCUT2D eigenvalue weighted by Gasteiger charge is -2.32. The lowest BCUT2D eigenvalue weighted by Crippen LogP contribution is -2.41. The quantitative estimate of drug-likeness (QED) is 0.582. The highest BCUT2D eigenvalue weighted by Gasteiger charge is 2.52. The zero-order valence-electron chi connectivity index (χ0n) is 16.5. The first-order valence-corrected chi connectivity index (χ1v) is 8.49. The number of esters is 1. The Morgan fingerprint density at radius 3 is 2.00 bits per heavy atom. The number of carbonyl (C=O) groups excluding carboxylic acids is 1. The summed E-state index contributed by atoms with van der Waals surface area (Å²) >= 11 is 0. The van der Waals surface area contributed by atoms with E-state index in [0.717, 1.165) is 6.07 Å². The zero-order valence-corrected chi connectivity index (χ0v) is 16.5. The highest BCUT2D eigenvalue weighted by atomic mass is 19.4. The van der Waals surface area contributed by atoms with Crippen molar-refractivity contribution in [3.05, 3.63) is 23.8 Å². The number of halogens is 3. The highest BCUT2D eigenvalue weighted by molar-refractivity contribution is 6.62. The minimum absolute atomic E-state index is 0.306. The molecular formula is C18H24BF3O5. The van der Waals surface area contributed by atoms with Gasteiger partial charge in [-0.25, -0.2) is 4.79 Å². The van der Waals surface area contributed by atoms with Gasteiger partial charge in [0.1, 0.15) is 16.9 Å². The number of hydrogen-bond donors (Lipinski definition) is 0. The predicted octanol–water partition coefficient (Wildman–Crippen LogP) is 3.84. The summed E-state index contributed by atoms with van der Waals surface area (Å²) in [6.45, 7) is 12.2. The van der Waals surface area contributed by atoms with Gasteiger partial charge in [0.2, 0.25) is 0 Å². The molecule has 0 aromatic heterocycles. The van der Waals surface area contributed by atoms with Crippen LogP contribution in [-0.4, -0.2) is 36.3 Å². The van der Waals surface area contributed by atoms with Gasteiger partial charge in [0.25, 0.3) is 0 Å². The molecule has 1 aromatic rings. The van der Waals surface area contributed by atoms with Crippen molar-refractivity contribution in [3.63, 3.8) is 0 Å². The second kappa shape index (κ2) is 6.70. The van der Waals surface area contributed by atoms with E-state index in [4.69, 9.17) is 14.0 Å². The Bertz CT molecular complexity index is 707. The van der Waals surface area contributed by atoms with E-state index in [-0.39, 0.29) is 5.56 Å². The van der Waals surface area contributed by atoms with E-state index in [0.29, 0.717) is 5.46 Å². The first-order valence-electron chi connectivity index (χ1n) is 8.49. The molecule has 0 aliphatic carbocycles. The van der Waals surface area contributed by atoms with Crippen molar-refractivity contribution < 1.29 is 36.7 Å². The zero-order chi connectivity index (χ0) is 20.8. The number of alkyl halides is 3. The van der Waals surface area contributed by atoms with Crippen LogP contribution in [0.25, 0.3) is 0 Å². The topological polar surface area (TPSA) is 54.0 Å². The Morgan fingerprint density at radius 1 is 1.04 bits per heavy atom. The second-order valence-corrected chi connectivity index (χ2v) is 8.39. The van der Waals surface area contributed by atoms with E-state index in [9.17, 15) is 18.0 Å². The Labute approximate surface area is 157 Å². The normalized spacial score (nSPS) is 19.1. The van der Waals surface area contributed by atoms with Crippen LogP contribution < -0.4 is 10.2 Å². The molecule has 1 heterocycles. The van der Waals surface area contributed by atoms with Gasteiger partial charge >= 0.3 is 19.5 Å². The number of hydrogen-bond acceptors (Lipinski definition) is 5. The number of benzene rings is 1. The van der Waals surface area contributed by atoms with Crippen molar-refractivity contribution in [2.45, 2.75) is 71.6 Å². The Morgan fingerprint density at radius 2 is 1.56 bits per heavy atom. The summed E-state index contributed by atoms with van der Waals surface area (Å²) in [5, 5.41) is 0. The van der Waals surface area contributed by atoms with E-state index in [1.807, 2.05) is 27.7 Å². The molecule has 1 saturated heterocycles. The molecule has 0 bridgehead atoms. The number of rotatable bonds is 3. The van der Waals surface area contributed by atoms with Crippen LogP contribution in [0.4, 0.5) is 13.2 Å². The Hall–Kier alpha value is -1.74. The molecule has 1 aliphatic rings. The molecule has 5 nitrogen and oxygen atoms in total. The number of ether oxygens (including phenoxy) is 2. The van der Waals surface area contributed by atoms with Crippen molar-refractivity contribution in [1.82, 2.24) is 0 Å². The van der Waals surface area contributed by atoms with Gasteiger partial charge in [-0.05, 0) is 66.1 Å². The summed E-state index contributed by atoms with van der Waals surface area (Å²) in [5.74, 6) is -1.58. The van der Waals surface area contributed by atoms with E-state index in [1.54, 1.807) is 20.8 Å². The maximum Gasteiger partial charge on any atom is 0.573 e. The summed E-state index contributed by atoms with van der Waals surface area (Å²) in [7, 11) is -0.890. The minimum atomic E-state index is -4.97. The molecule has 9 heteroatoms. The molecule has 1 aromatic carbocycles. The molecule has 0 atom stereocenters. The molecule has 0 unspecified atom stereocenters. The summed E-state index contributed by atoms with van der Waals surface area (Å²) in [6.07, 6.45) is -4.97. The fourth-order valence-electron chi connectivity index (χ4n) is 2.38. The van der Waals surface area contributed by atoms with Gasteiger partial charge in [-0.2, -0.15) is 0 Å². The molecule has 1 aliphatic heterocycles. The summed E-state index contributed by atoms with van der Waals surface area (Å²) in [4.78, 5) is 12.3. The first kappa shape index (κ1) is 21.6. The van der Waals surface area contributed by atoms with Gasteiger partial charge in [0.15, 0.2) is 0 Å². The van der Waals surface area contributed by atoms with Crippen molar-refractivity contribution in [1.29, 1.82) is 0 Å². The molecule has 0 saturated carbocycles. The fraction of sp³-hybridized carbons (Fsp3) is 0.611. The van der Waals surface area contributed by atoms with E-state index >= 15 is 0 Å². The molecule has 0 amide bonds. The molecule has 27 heavy (non-hydrogen) atoms. The third-order valence-corrected chi connectivity index (χ3v) is 4.38. The molecule has 1 fully saturated rings. The average Bonchev–Trinajstić information content (AvgIpc) is 2.63. The van der Waals surface area contributed by atoms with Gasteiger partial charge in [0.05, 0.1) is 11.2 Å². The molecule has 150 valence electrons. The lowest BCUT2D eigenvalue weighted by molar-refractivity contribution is -0.274. The second-order valence-electron chi connectivity index (χ2n) is 8.39. The van der Waals surface area contributed by atoms with Gasteiger partial charge in [0, 0.05) is 0 Å². The largest absolute Gasteiger partial charge is 0.573 e. The summed E-state index contributed by atoms with van der Waals surface area (Å²) in [5.41, 5.74) is -2.21. The number of carbonyl (C=O) groups is 1. The van der Waals surface area contributed by atoms with Crippen LogP contribution in [0.3, 0.4) is 0 Å². The Kier molecular flexibility index (Phi) is 5.35. The van der Waals surface area contributed by atoms with Crippen LogP contribution in [0, 0.1) is 0 Å². The van der Waals surface area contributed by atoms with Crippen LogP contribution in [0.2, 0.25) is 0 Å². The van der Waals surface area contributed by atoms with Gasteiger partial charge in [-0.15, -0.1) is 13.2 Å². The molecule has 0 spiro atoms. The Balaban J connectivity index is 2.40. The van der Waals surface area contributed by atoms with Crippen molar-refractivity contribution in [2.24, 2.45) is 0 Å². The molecule has 0 N–H and O–H groups in total. The maximum atomic E-state index is 12.8. The highest BCUT2D eigenvalue weighted by Crippen LogP contribution is 2.37. The lowest BCUT2D eigenvalue weighted by atomic mass is 9.78. The van der Waals surface area contributed by atoms with Gasteiger partial charge < -0.3 is 18.8 Å². The van der Waals surface area contributed by atoms with Crippen LogP contribution in [-0.2, 0) is 14.0 Å². The summed E-state index contributed by atoms with van der Waals surface area (Å²) in [6, 6.07) is 3.77. The SMILES string of the molecule is CC(C)(C)OC(=O)c1ccc(B2OC(C)(C)C(C)(C)O2)cc1OC(F)(F)F. The van der Waals surface area contributed by atoms with Crippen LogP contribution in [0.1, 0.15) is 58.8 Å². The van der Waals surface area contributed by atoms with Gasteiger partial charge in [-0.3, -0.25) is 0 Å². The third kappa shape index (κ3) is 5.16. The van der Waals surface area contributed by atoms with Crippen molar-refractivity contribution in [3.8, 4) is 5.75 Å². The van der Waals surface area contributed by atoms with Crippen LogP contribution >= 0.6 is 0 Å². The maximum absolute atomic E-state index is 12.8. The fourth-order valence-corrected chi connectivity index (χ4v) is 2.38. The van der Waals surface area contributed by atoms with E-state index < -0.39 is 42.0 Å². The molecule has 0 radical (unpaired) electrons. The van der Waals surface area contributed by atoms with E-state index in [2.05, 4.69) is 4.74 Å². The molecule has 2 rings (SSSR count). The smallest absolute Gasteiger partial charge is 0.456 e. The summed E-state index contributed by atoms with van der Waals surface area (Å²) < 4.78 is 59.4. The predicted molar refractivity (Wildman–Crippen MR) is 94.0 cm³/mol. The first-order chi connectivity index (χ1) is 12.0. The van der Waals surface area contributed by atoms with Crippen LogP contribution in [0.5, 0.6) is 5.75 Å². The minimum Gasteiger partial charge on any atom is -0.456 e. The molecular weight excluding hydrogens is 364 g/mol. The third-order valence-electron chi connectivity index (χ3n) is 4.38. The van der Waals surface area contributed by atoms with Crippen molar-refractivity contribution >= 4 is 18.6 Å². The standard InChI is InChI=1S/C18H24BF3O5/c1-15(2,3)25-14(23)12-9-8-11(10-13(12)24-18(20,21)22)19-26-16(4,5)17(6,7)27-19/h8-10H,1-7H3.